The Hall–Kier alpha value is -1.45. The van der Waals surface area contributed by atoms with Crippen LogP contribution in [0.2, 0.25) is 0 Å². The normalized spacial score (nSPS) is 17.6. The number of alkyl halides is 1. The van der Waals surface area contributed by atoms with Gasteiger partial charge < -0.3 is 14.8 Å². The van der Waals surface area contributed by atoms with E-state index < -0.39 is 0 Å². The van der Waals surface area contributed by atoms with E-state index in [1.54, 1.807) is 6.08 Å². The molecule has 3 nitrogen and oxygen atoms in total. The number of allylic oxidation sites excluding steroid dienone is 1. The Morgan fingerprint density at radius 2 is 2.05 bits per heavy atom. The van der Waals surface area contributed by atoms with Crippen LogP contribution in [0.3, 0.4) is 0 Å². The Morgan fingerprint density at radius 3 is 2.79 bits per heavy atom. The summed E-state index contributed by atoms with van der Waals surface area (Å²) in [5, 5.41) is 4.64. The molecule has 3 rings (SSSR count). The van der Waals surface area contributed by atoms with Crippen LogP contribution in [-0.4, -0.2) is 30.7 Å². The molecule has 19 heavy (non-hydrogen) atoms. The number of benzene rings is 1. The molecule has 2 aromatic rings. The minimum atomic E-state index is -0.198. The van der Waals surface area contributed by atoms with E-state index in [0.29, 0.717) is 0 Å². The van der Waals surface area contributed by atoms with Crippen LogP contribution in [0.4, 0.5) is 5.69 Å². The van der Waals surface area contributed by atoms with Gasteiger partial charge in [0.2, 0.25) is 0 Å². The van der Waals surface area contributed by atoms with E-state index in [1.165, 1.54) is 11.1 Å². The van der Waals surface area contributed by atoms with Gasteiger partial charge in [0.25, 0.3) is 0 Å². The van der Waals surface area contributed by atoms with Gasteiger partial charge in [-0.15, -0.1) is 0 Å². The van der Waals surface area contributed by atoms with E-state index in [-0.39, 0.29) is 5.50 Å². The molecule has 0 amide bonds. The molecule has 1 aliphatic rings. The monoisotopic (exact) mass is 275 g/mol. The third-order valence-electron chi connectivity index (χ3n) is 3.66. The third kappa shape index (κ3) is 2.24. The van der Waals surface area contributed by atoms with Crippen LogP contribution in [0.15, 0.2) is 43.1 Å². The van der Waals surface area contributed by atoms with Crippen LogP contribution < -0.4 is 10.2 Å². The molecule has 4 heteroatoms. The Bertz CT molecular complexity index is 584. The lowest BCUT2D eigenvalue weighted by Gasteiger charge is -2.30. The fourth-order valence-corrected chi connectivity index (χ4v) is 2.85. The van der Waals surface area contributed by atoms with E-state index in [1.807, 2.05) is 6.20 Å². The molecule has 1 atom stereocenters. The van der Waals surface area contributed by atoms with Crippen molar-refractivity contribution in [2.45, 2.75) is 5.50 Å². The van der Waals surface area contributed by atoms with Gasteiger partial charge in [0.1, 0.15) is 5.50 Å². The molecule has 0 radical (unpaired) electrons. The van der Waals surface area contributed by atoms with E-state index >= 15 is 0 Å². The molecule has 100 valence electrons. The minimum absolute atomic E-state index is 0.198. The lowest BCUT2D eigenvalue weighted by atomic mass is 10.2. The third-order valence-corrected chi connectivity index (χ3v) is 4.05. The Balaban J connectivity index is 2.06. The zero-order valence-corrected chi connectivity index (χ0v) is 11.6. The van der Waals surface area contributed by atoms with Gasteiger partial charge in [-0.1, -0.05) is 30.3 Å². The first-order chi connectivity index (χ1) is 9.31. The topological polar surface area (TPSA) is 20.2 Å². The molecular weight excluding hydrogens is 258 g/mol. The van der Waals surface area contributed by atoms with Crippen molar-refractivity contribution >= 4 is 28.2 Å². The fourth-order valence-electron chi connectivity index (χ4n) is 2.68. The highest BCUT2D eigenvalue weighted by Crippen LogP contribution is 2.30. The average molecular weight is 276 g/mol. The molecule has 1 fully saturated rings. The molecular formula is C15H18ClN3. The highest BCUT2D eigenvalue weighted by Gasteiger charge is 2.15. The van der Waals surface area contributed by atoms with Crippen molar-refractivity contribution in [1.29, 1.82) is 0 Å². The van der Waals surface area contributed by atoms with Crippen molar-refractivity contribution in [3.8, 4) is 0 Å². The number of nitrogens with one attached hydrogen (secondary N) is 1. The molecule has 0 saturated carbocycles. The van der Waals surface area contributed by atoms with Crippen molar-refractivity contribution in [2.75, 3.05) is 31.1 Å². The molecule has 1 aromatic carbocycles. The summed E-state index contributed by atoms with van der Waals surface area (Å²) in [4.78, 5) is 2.43. The van der Waals surface area contributed by atoms with Crippen molar-refractivity contribution in [3.05, 3.63) is 43.1 Å². The summed E-state index contributed by atoms with van der Waals surface area (Å²) in [7, 11) is 0. The van der Waals surface area contributed by atoms with Crippen LogP contribution in [0.5, 0.6) is 0 Å². The van der Waals surface area contributed by atoms with Crippen LogP contribution in [0.1, 0.15) is 5.50 Å². The molecule has 1 aliphatic heterocycles. The number of hydrogen-bond donors (Lipinski definition) is 1. The number of nitrogens with zero attached hydrogens (tertiary/aromatic N) is 2. The quantitative estimate of drug-likeness (QED) is 0.686. The summed E-state index contributed by atoms with van der Waals surface area (Å²) in [5.74, 6) is 0. The second-order valence-electron chi connectivity index (χ2n) is 4.78. The number of piperazine rings is 1. The molecule has 2 heterocycles. The molecule has 1 aromatic heterocycles. The predicted octanol–water partition coefficient (Wildman–Crippen LogP) is 2.97. The number of fused-ring (bicyclic) bond motifs is 1. The second kappa shape index (κ2) is 5.27. The van der Waals surface area contributed by atoms with E-state index in [0.717, 1.165) is 31.7 Å². The highest BCUT2D eigenvalue weighted by atomic mass is 35.5. The van der Waals surface area contributed by atoms with E-state index in [2.05, 4.69) is 45.6 Å². The Labute approximate surface area is 118 Å². The number of rotatable bonds is 3. The summed E-state index contributed by atoms with van der Waals surface area (Å²) in [6.45, 7) is 7.95. The molecule has 0 aliphatic carbocycles. The van der Waals surface area contributed by atoms with Gasteiger partial charge >= 0.3 is 0 Å². The van der Waals surface area contributed by atoms with Gasteiger partial charge in [-0.3, -0.25) is 0 Å². The van der Waals surface area contributed by atoms with Gasteiger partial charge in [-0.25, -0.2) is 0 Å². The molecule has 1 unspecified atom stereocenters. The standard InChI is InChI=1S/C15H18ClN3/c1-2-15(16)19-9-6-12-13(4-3-5-14(12)19)18-10-7-17-8-11-18/h2-6,9,15,17H,1,7-8,10-11H2. The number of anilines is 1. The zero-order chi connectivity index (χ0) is 13.2. The Kier molecular flexibility index (Phi) is 3.49. The number of aromatic nitrogens is 1. The minimum Gasteiger partial charge on any atom is -0.368 e. The van der Waals surface area contributed by atoms with Gasteiger partial charge in [-0.2, -0.15) is 0 Å². The van der Waals surface area contributed by atoms with Crippen molar-refractivity contribution < 1.29 is 0 Å². The van der Waals surface area contributed by atoms with Crippen molar-refractivity contribution in [3.63, 3.8) is 0 Å². The van der Waals surface area contributed by atoms with Crippen LogP contribution in [0, 0.1) is 0 Å². The molecule has 1 saturated heterocycles. The summed E-state index contributed by atoms with van der Waals surface area (Å²) in [5.41, 5.74) is 2.26. The van der Waals surface area contributed by atoms with Gasteiger partial charge in [0.15, 0.2) is 0 Å². The van der Waals surface area contributed by atoms with Crippen molar-refractivity contribution in [1.82, 2.24) is 9.88 Å². The maximum Gasteiger partial charge on any atom is 0.126 e. The second-order valence-corrected chi connectivity index (χ2v) is 5.23. The summed E-state index contributed by atoms with van der Waals surface area (Å²) >= 11 is 6.27. The van der Waals surface area contributed by atoms with Gasteiger partial charge in [-0.05, 0) is 18.2 Å². The average Bonchev–Trinajstić information content (AvgIpc) is 2.91. The first-order valence-corrected chi connectivity index (χ1v) is 7.07. The summed E-state index contributed by atoms with van der Waals surface area (Å²) in [6, 6.07) is 8.55. The molecule has 1 N–H and O–H groups in total. The summed E-state index contributed by atoms with van der Waals surface area (Å²) < 4.78 is 2.05. The van der Waals surface area contributed by atoms with Crippen LogP contribution in [0.25, 0.3) is 10.9 Å². The highest BCUT2D eigenvalue weighted by molar-refractivity contribution is 6.20. The van der Waals surface area contributed by atoms with Crippen molar-refractivity contribution in [2.24, 2.45) is 0 Å². The lowest BCUT2D eigenvalue weighted by molar-refractivity contribution is 0.590. The zero-order valence-electron chi connectivity index (χ0n) is 10.8. The van der Waals surface area contributed by atoms with Crippen LogP contribution >= 0.6 is 11.6 Å². The van der Waals surface area contributed by atoms with Crippen LogP contribution in [-0.2, 0) is 0 Å². The largest absolute Gasteiger partial charge is 0.368 e. The first-order valence-electron chi connectivity index (χ1n) is 6.63. The first kappa shape index (κ1) is 12.6. The molecule has 0 spiro atoms. The van der Waals surface area contributed by atoms with E-state index in [9.17, 15) is 0 Å². The Morgan fingerprint density at radius 1 is 1.26 bits per heavy atom. The molecule has 0 bridgehead atoms. The fraction of sp³-hybridized carbons (Fsp3) is 0.333. The van der Waals surface area contributed by atoms with Gasteiger partial charge in [0.05, 0.1) is 5.52 Å². The summed E-state index contributed by atoms with van der Waals surface area (Å²) in [6.07, 6.45) is 3.79. The number of hydrogen-bond acceptors (Lipinski definition) is 2. The predicted molar refractivity (Wildman–Crippen MR) is 82.1 cm³/mol. The van der Waals surface area contributed by atoms with Gasteiger partial charge in [0, 0.05) is 43.4 Å². The smallest absolute Gasteiger partial charge is 0.126 e. The maximum absolute atomic E-state index is 6.27. The lowest BCUT2D eigenvalue weighted by Crippen LogP contribution is -2.43. The maximum atomic E-state index is 6.27. The SMILES string of the molecule is C=CC(Cl)n1ccc2c(N3CCNCC3)cccc21. The number of halogens is 1. The van der Waals surface area contributed by atoms with E-state index in [4.69, 9.17) is 11.6 Å².